The maximum atomic E-state index is 4.69. The molecule has 2 nitrogen and oxygen atoms in total. The lowest BCUT2D eigenvalue weighted by atomic mass is 9.77. The summed E-state index contributed by atoms with van der Waals surface area (Å²) in [5, 5.41) is 9.13. The molecule has 26 heavy (non-hydrogen) atoms. The number of rotatable bonds is 6. The zero-order chi connectivity index (χ0) is 18.2. The van der Waals surface area contributed by atoms with Crippen molar-refractivity contribution in [3.8, 4) is 0 Å². The van der Waals surface area contributed by atoms with Gasteiger partial charge in [-0.15, -0.1) is 0 Å². The molecular weight excluding hydrogens is 316 g/mol. The first kappa shape index (κ1) is 18.6. The van der Waals surface area contributed by atoms with Gasteiger partial charge in [0.1, 0.15) is 0 Å². The summed E-state index contributed by atoms with van der Waals surface area (Å²) in [6.45, 7) is 4.39. The molecule has 0 bridgehead atoms. The van der Waals surface area contributed by atoms with Crippen molar-refractivity contribution >= 4 is 11.9 Å². The topological polar surface area (TPSA) is 24.7 Å². The predicted molar refractivity (Wildman–Crippen MR) is 112 cm³/mol. The first-order chi connectivity index (χ1) is 12.8. The van der Waals surface area contributed by atoms with Gasteiger partial charge in [0.05, 0.1) is 11.9 Å². The molecule has 3 rings (SSSR count). The Labute approximate surface area is 158 Å². The molecular formula is C24H30N2. The van der Waals surface area contributed by atoms with E-state index in [4.69, 9.17) is 5.10 Å². The second-order valence-corrected chi connectivity index (χ2v) is 7.51. The maximum absolute atomic E-state index is 4.69. The van der Waals surface area contributed by atoms with Crippen LogP contribution in [0, 0.1) is 18.8 Å². The van der Waals surface area contributed by atoms with E-state index in [0.29, 0.717) is 5.92 Å². The average molecular weight is 347 g/mol. The molecule has 0 aromatic heterocycles. The molecule has 2 aromatic carbocycles. The molecule has 0 N–H and O–H groups in total. The third kappa shape index (κ3) is 5.14. The summed E-state index contributed by atoms with van der Waals surface area (Å²) in [4.78, 5) is 0. The van der Waals surface area contributed by atoms with E-state index in [1.807, 2.05) is 6.21 Å². The first-order valence-corrected chi connectivity index (χ1v) is 9.99. The minimum absolute atomic E-state index is 0.528. The van der Waals surface area contributed by atoms with Crippen LogP contribution in [-0.2, 0) is 0 Å². The Hall–Kier alpha value is -2.22. The minimum Gasteiger partial charge on any atom is -0.158 e. The molecule has 1 saturated carbocycles. The quantitative estimate of drug-likeness (QED) is 0.425. The van der Waals surface area contributed by atoms with E-state index in [9.17, 15) is 0 Å². The van der Waals surface area contributed by atoms with Gasteiger partial charge < -0.3 is 0 Å². The third-order valence-electron chi connectivity index (χ3n) is 5.45. The van der Waals surface area contributed by atoms with E-state index < -0.39 is 0 Å². The molecule has 2 heteroatoms. The van der Waals surface area contributed by atoms with Crippen molar-refractivity contribution in [1.82, 2.24) is 0 Å². The van der Waals surface area contributed by atoms with E-state index in [2.05, 4.69) is 73.5 Å². The molecule has 1 aliphatic rings. The van der Waals surface area contributed by atoms with Gasteiger partial charge >= 0.3 is 0 Å². The standard InChI is InChI=1S/C24H30N2/c1-3-7-20-14-16-23(17-15-20)24(22-8-5-4-6-9-22)26-25-18-21-12-10-19(2)11-13-21/h4-6,8-13,18,20,23H,3,7,14-17H2,1-2H3. The Morgan fingerprint density at radius 1 is 0.962 bits per heavy atom. The van der Waals surface area contributed by atoms with Gasteiger partial charge in [0, 0.05) is 5.92 Å². The van der Waals surface area contributed by atoms with Gasteiger partial charge in [-0.05, 0) is 49.7 Å². The summed E-state index contributed by atoms with van der Waals surface area (Å²) >= 11 is 0. The van der Waals surface area contributed by atoms with Crippen LogP contribution in [0.15, 0.2) is 64.8 Å². The van der Waals surface area contributed by atoms with Gasteiger partial charge in [0.2, 0.25) is 0 Å². The number of benzene rings is 2. The van der Waals surface area contributed by atoms with Crippen LogP contribution < -0.4 is 0 Å². The Balaban J connectivity index is 1.77. The maximum Gasteiger partial charge on any atom is 0.0733 e. The highest BCUT2D eigenvalue weighted by atomic mass is 15.2. The van der Waals surface area contributed by atoms with Crippen molar-refractivity contribution in [3.63, 3.8) is 0 Å². The van der Waals surface area contributed by atoms with E-state index in [0.717, 1.165) is 17.2 Å². The molecule has 0 aliphatic heterocycles. The molecule has 0 unspecified atom stereocenters. The summed E-state index contributed by atoms with van der Waals surface area (Å²) < 4.78 is 0. The molecule has 0 radical (unpaired) electrons. The van der Waals surface area contributed by atoms with Crippen molar-refractivity contribution in [2.24, 2.45) is 22.0 Å². The van der Waals surface area contributed by atoms with Gasteiger partial charge in [-0.2, -0.15) is 10.2 Å². The van der Waals surface area contributed by atoms with E-state index >= 15 is 0 Å². The lowest BCUT2D eigenvalue weighted by Crippen LogP contribution is -2.22. The molecule has 1 aliphatic carbocycles. The van der Waals surface area contributed by atoms with Gasteiger partial charge in [-0.25, -0.2) is 0 Å². The van der Waals surface area contributed by atoms with Gasteiger partial charge in [-0.3, -0.25) is 0 Å². The number of hydrogen-bond acceptors (Lipinski definition) is 2. The zero-order valence-electron chi connectivity index (χ0n) is 16.1. The van der Waals surface area contributed by atoms with E-state index in [1.54, 1.807) is 0 Å². The normalized spacial score (nSPS) is 21.2. The van der Waals surface area contributed by atoms with Crippen LogP contribution in [-0.4, -0.2) is 11.9 Å². The van der Waals surface area contributed by atoms with Crippen molar-refractivity contribution in [3.05, 3.63) is 71.3 Å². The van der Waals surface area contributed by atoms with Crippen LogP contribution in [0.4, 0.5) is 0 Å². The molecule has 0 saturated heterocycles. The molecule has 0 atom stereocenters. The van der Waals surface area contributed by atoms with Crippen LogP contribution in [0.2, 0.25) is 0 Å². The van der Waals surface area contributed by atoms with Crippen LogP contribution >= 0.6 is 0 Å². The lowest BCUT2D eigenvalue weighted by Gasteiger charge is -2.29. The van der Waals surface area contributed by atoms with Gasteiger partial charge in [-0.1, -0.05) is 79.9 Å². The monoisotopic (exact) mass is 346 g/mol. The van der Waals surface area contributed by atoms with Crippen molar-refractivity contribution < 1.29 is 0 Å². The van der Waals surface area contributed by atoms with E-state index in [1.165, 1.54) is 49.7 Å². The van der Waals surface area contributed by atoms with Crippen molar-refractivity contribution in [2.75, 3.05) is 0 Å². The van der Waals surface area contributed by atoms with Gasteiger partial charge in [0.15, 0.2) is 0 Å². The highest BCUT2D eigenvalue weighted by molar-refractivity contribution is 6.02. The average Bonchev–Trinajstić information content (AvgIpc) is 2.68. The molecule has 0 amide bonds. The van der Waals surface area contributed by atoms with Crippen LogP contribution in [0.1, 0.15) is 62.1 Å². The fourth-order valence-electron chi connectivity index (χ4n) is 3.93. The Bertz CT molecular complexity index is 721. The largest absolute Gasteiger partial charge is 0.158 e. The zero-order valence-corrected chi connectivity index (χ0v) is 16.1. The summed E-state index contributed by atoms with van der Waals surface area (Å²) in [6.07, 6.45) is 9.66. The summed E-state index contributed by atoms with van der Waals surface area (Å²) in [5.41, 5.74) is 4.73. The Morgan fingerprint density at radius 2 is 1.65 bits per heavy atom. The highest BCUT2D eigenvalue weighted by Crippen LogP contribution is 2.33. The summed E-state index contributed by atoms with van der Waals surface area (Å²) in [5.74, 6) is 1.44. The van der Waals surface area contributed by atoms with E-state index in [-0.39, 0.29) is 0 Å². The second-order valence-electron chi connectivity index (χ2n) is 7.51. The number of nitrogens with zero attached hydrogens (tertiary/aromatic N) is 2. The van der Waals surface area contributed by atoms with Crippen LogP contribution in [0.3, 0.4) is 0 Å². The van der Waals surface area contributed by atoms with Crippen LogP contribution in [0.5, 0.6) is 0 Å². The fraction of sp³-hybridized carbons (Fsp3) is 0.417. The fourth-order valence-corrected chi connectivity index (χ4v) is 3.93. The van der Waals surface area contributed by atoms with Crippen LogP contribution in [0.25, 0.3) is 0 Å². The molecule has 2 aromatic rings. The number of hydrogen-bond donors (Lipinski definition) is 0. The minimum atomic E-state index is 0.528. The predicted octanol–water partition coefficient (Wildman–Crippen LogP) is 6.42. The van der Waals surface area contributed by atoms with Crippen molar-refractivity contribution in [2.45, 2.75) is 52.4 Å². The first-order valence-electron chi connectivity index (χ1n) is 9.99. The Kier molecular flexibility index (Phi) is 6.76. The SMILES string of the molecule is CCCC1CCC(C(=NN=Cc2ccc(C)cc2)c2ccccc2)CC1. The molecule has 0 spiro atoms. The smallest absolute Gasteiger partial charge is 0.0733 e. The molecule has 1 fully saturated rings. The Morgan fingerprint density at radius 3 is 2.31 bits per heavy atom. The second kappa shape index (κ2) is 9.47. The lowest BCUT2D eigenvalue weighted by molar-refractivity contribution is 0.304. The van der Waals surface area contributed by atoms with Crippen molar-refractivity contribution in [1.29, 1.82) is 0 Å². The summed E-state index contributed by atoms with van der Waals surface area (Å²) in [6, 6.07) is 19.0. The highest BCUT2D eigenvalue weighted by Gasteiger charge is 2.25. The summed E-state index contributed by atoms with van der Waals surface area (Å²) in [7, 11) is 0. The van der Waals surface area contributed by atoms with Gasteiger partial charge in [0.25, 0.3) is 0 Å². The number of aryl methyl sites for hydroxylation is 1. The molecule has 0 heterocycles. The molecule has 136 valence electrons. The third-order valence-corrected chi connectivity index (χ3v) is 5.45.